The van der Waals surface area contributed by atoms with Gasteiger partial charge in [0, 0.05) is 24.0 Å². The first-order valence-electron chi connectivity index (χ1n) is 9.26. The van der Waals surface area contributed by atoms with Gasteiger partial charge in [-0.05, 0) is 90.3 Å². The summed E-state index contributed by atoms with van der Waals surface area (Å²) in [5, 5.41) is 0.873. The van der Waals surface area contributed by atoms with E-state index in [-0.39, 0.29) is 0 Å². The molecule has 3 fully saturated rings. The van der Waals surface area contributed by atoms with Gasteiger partial charge in [-0.3, -0.25) is 4.90 Å². The number of hydrogen-bond acceptors (Lipinski definition) is 4. The first-order valence-corrected chi connectivity index (χ1v) is 10.5. The van der Waals surface area contributed by atoms with Crippen LogP contribution in [0.25, 0.3) is 0 Å². The molecule has 3 heterocycles. The van der Waals surface area contributed by atoms with Crippen LogP contribution < -0.4 is 0 Å². The Morgan fingerprint density at radius 2 is 1.82 bits per heavy atom. The fourth-order valence-corrected chi connectivity index (χ4v) is 5.52. The van der Waals surface area contributed by atoms with Crippen molar-refractivity contribution in [3.8, 4) is 0 Å². The molecule has 3 rings (SSSR count). The van der Waals surface area contributed by atoms with Gasteiger partial charge in [0.05, 0.1) is 0 Å². The standard InChI is InChI=1S/C18H34N2OS/c1-19-9-3-16(4-10-19)5-11-20-12-6-17(22-2)15-18(20)7-13-21-14-8-18/h16-17H,3-15H2,1-2H3. The van der Waals surface area contributed by atoms with E-state index in [4.69, 9.17) is 4.74 Å². The highest BCUT2D eigenvalue weighted by atomic mass is 32.2. The minimum atomic E-state index is 0.468. The number of piperidine rings is 2. The minimum absolute atomic E-state index is 0.468. The molecule has 4 heteroatoms. The average Bonchev–Trinajstić information content (AvgIpc) is 2.56. The van der Waals surface area contributed by atoms with Gasteiger partial charge in [0.25, 0.3) is 0 Å². The van der Waals surface area contributed by atoms with Gasteiger partial charge in [0.2, 0.25) is 0 Å². The van der Waals surface area contributed by atoms with Crippen molar-refractivity contribution >= 4 is 11.8 Å². The van der Waals surface area contributed by atoms with E-state index in [9.17, 15) is 0 Å². The number of likely N-dealkylation sites (tertiary alicyclic amines) is 2. The Morgan fingerprint density at radius 1 is 1.09 bits per heavy atom. The number of hydrogen-bond donors (Lipinski definition) is 0. The van der Waals surface area contributed by atoms with Gasteiger partial charge < -0.3 is 9.64 Å². The van der Waals surface area contributed by atoms with Crippen molar-refractivity contribution in [1.82, 2.24) is 9.80 Å². The molecule has 0 aromatic rings. The highest BCUT2D eigenvalue weighted by molar-refractivity contribution is 7.99. The van der Waals surface area contributed by atoms with Gasteiger partial charge in [0.15, 0.2) is 0 Å². The quantitative estimate of drug-likeness (QED) is 0.788. The van der Waals surface area contributed by atoms with Crippen LogP contribution >= 0.6 is 11.8 Å². The number of thioether (sulfide) groups is 1. The number of rotatable bonds is 4. The second-order valence-electron chi connectivity index (χ2n) is 7.71. The van der Waals surface area contributed by atoms with Crippen molar-refractivity contribution in [2.24, 2.45) is 5.92 Å². The fourth-order valence-electron chi connectivity index (χ4n) is 4.70. The predicted molar refractivity (Wildman–Crippen MR) is 95.7 cm³/mol. The first kappa shape index (κ1) is 17.1. The summed E-state index contributed by atoms with van der Waals surface area (Å²) < 4.78 is 5.68. The molecular weight excluding hydrogens is 292 g/mol. The van der Waals surface area contributed by atoms with Gasteiger partial charge in [-0.15, -0.1) is 0 Å². The molecule has 3 aliphatic rings. The summed E-state index contributed by atoms with van der Waals surface area (Å²) in [6.07, 6.45) is 11.8. The summed E-state index contributed by atoms with van der Waals surface area (Å²) in [6, 6.07) is 0. The molecule has 0 aliphatic carbocycles. The molecule has 0 radical (unpaired) electrons. The van der Waals surface area contributed by atoms with Crippen LogP contribution in [0.2, 0.25) is 0 Å². The maximum absolute atomic E-state index is 5.68. The third kappa shape index (κ3) is 4.00. The van der Waals surface area contributed by atoms with E-state index in [1.165, 1.54) is 71.1 Å². The van der Waals surface area contributed by atoms with Crippen molar-refractivity contribution in [2.45, 2.75) is 55.7 Å². The molecule has 1 unspecified atom stereocenters. The van der Waals surface area contributed by atoms with E-state index in [0.29, 0.717) is 5.54 Å². The molecule has 0 amide bonds. The molecule has 128 valence electrons. The lowest BCUT2D eigenvalue weighted by Gasteiger charge is -2.52. The van der Waals surface area contributed by atoms with E-state index in [2.05, 4.69) is 34.9 Å². The highest BCUT2D eigenvalue weighted by Crippen LogP contribution is 2.40. The highest BCUT2D eigenvalue weighted by Gasteiger charge is 2.43. The number of nitrogens with zero attached hydrogens (tertiary/aromatic N) is 2. The van der Waals surface area contributed by atoms with Gasteiger partial charge >= 0.3 is 0 Å². The minimum Gasteiger partial charge on any atom is -0.381 e. The van der Waals surface area contributed by atoms with Crippen LogP contribution in [0.1, 0.15) is 44.9 Å². The third-order valence-electron chi connectivity index (χ3n) is 6.40. The Labute approximate surface area is 141 Å². The fraction of sp³-hybridized carbons (Fsp3) is 1.00. The number of ether oxygens (including phenoxy) is 1. The molecule has 0 N–H and O–H groups in total. The Balaban J connectivity index is 1.56. The maximum Gasteiger partial charge on any atom is 0.0483 e. The van der Waals surface area contributed by atoms with Crippen molar-refractivity contribution in [2.75, 3.05) is 52.7 Å². The van der Waals surface area contributed by atoms with Crippen LogP contribution in [0, 0.1) is 5.92 Å². The molecule has 3 aliphatic heterocycles. The zero-order valence-corrected chi connectivity index (χ0v) is 15.4. The molecule has 0 aromatic carbocycles. The van der Waals surface area contributed by atoms with E-state index < -0.39 is 0 Å². The van der Waals surface area contributed by atoms with Crippen LogP contribution in [-0.2, 0) is 4.74 Å². The molecule has 1 spiro atoms. The smallest absolute Gasteiger partial charge is 0.0483 e. The van der Waals surface area contributed by atoms with Crippen LogP contribution in [0.3, 0.4) is 0 Å². The van der Waals surface area contributed by atoms with E-state index >= 15 is 0 Å². The predicted octanol–water partition coefficient (Wildman–Crippen LogP) is 3.09. The van der Waals surface area contributed by atoms with Gasteiger partial charge in [-0.2, -0.15) is 11.8 Å². The van der Waals surface area contributed by atoms with Crippen LogP contribution in [0.15, 0.2) is 0 Å². The van der Waals surface area contributed by atoms with E-state index in [1.54, 1.807) is 0 Å². The normalized spacial score (nSPS) is 31.6. The second kappa shape index (κ2) is 7.87. The molecule has 1 atom stereocenters. The largest absolute Gasteiger partial charge is 0.381 e. The van der Waals surface area contributed by atoms with Crippen molar-refractivity contribution in [3.05, 3.63) is 0 Å². The molecular formula is C18H34N2OS. The molecule has 3 saturated heterocycles. The lowest BCUT2D eigenvalue weighted by molar-refractivity contribution is -0.0496. The van der Waals surface area contributed by atoms with Crippen molar-refractivity contribution in [1.29, 1.82) is 0 Å². The topological polar surface area (TPSA) is 15.7 Å². The lowest BCUT2D eigenvalue weighted by atomic mass is 9.79. The van der Waals surface area contributed by atoms with Crippen molar-refractivity contribution < 1.29 is 4.74 Å². The average molecular weight is 327 g/mol. The lowest BCUT2D eigenvalue weighted by Crippen LogP contribution is -2.57. The van der Waals surface area contributed by atoms with E-state index in [0.717, 1.165) is 24.4 Å². The Hall–Kier alpha value is 0.230. The summed E-state index contributed by atoms with van der Waals surface area (Å²) in [6.45, 7) is 7.21. The SMILES string of the molecule is CSC1CCN(CCC2CCN(C)CC2)C2(CCOCC2)C1. The Kier molecular flexibility index (Phi) is 6.10. The van der Waals surface area contributed by atoms with Gasteiger partial charge in [-0.1, -0.05) is 0 Å². The molecule has 22 heavy (non-hydrogen) atoms. The summed E-state index contributed by atoms with van der Waals surface area (Å²) in [5.74, 6) is 0.964. The van der Waals surface area contributed by atoms with Gasteiger partial charge in [-0.25, -0.2) is 0 Å². The Bertz CT molecular complexity index is 338. The second-order valence-corrected chi connectivity index (χ2v) is 8.85. The summed E-state index contributed by atoms with van der Waals surface area (Å²) >= 11 is 2.09. The molecule has 0 aromatic heterocycles. The molecule has 3 nitrogen and oxygen atoms in total. The van der Waals surface area contributed by atoms with E-state index in [1.807, 2.05) is 0 Å². The summed E-state index contributed by atoms with van der Waals surface area (Å²) in [5.41, 5.74) is 0.468. The first-order chi connectivity index (χ1) is 10.7. The zero-order chi connectivity index (χ0) is 15.4. The van der Waals surface area contributed by atoms with Crippen LogP contribution in [0.4, 0.5) is 0 Å². The zero-order valence-electron chi connectivity index (χ0n) is 14.6. The van der Waals surface area contributed by atoms with Crippen LogP contribution in [-0.4, -0.2) is 73.3 Å². The molecule has 0 saturated carbocycles. The molecule has 0 bridgehead atoms. The monoisotopic (exact) mass is 326 g/mol. The van der Waals surface area contributed by atoms with Crippen LogP contribution in [0.5, 0.6) is 0 Å². The summed E-state index contributed by atoms with van der Waals surface area (Å²) in [4.78, 5) is 5.36. The summed E-state index contributed by atoms with van der Waals surface area (Å²) in [7, 11) is 2.26. The third-order valence-corrected chi connectivity index (χ3v) is 7.47. The van der Waals surface area contributed by atoms with Gasteiger partial charge in [0.1, 0.15) is 0 Å². The Morgan fingerprint density at radius 3 is 2.50 bits per heavy atom. The van der Waals surface area contributed by atoms with Crippen molar-refractivity contribution in [3.63, 3.8) is 0 Å². The maximum atomic E-state index is 5.68.